The molecule has 0 aliphatic heterocycles. The van der Waals surface area contributed by atoms with Crippen LogP contribution >= 0.6 is 0 Å². The van der Waals surface area contributed by atoms with Crippen molar-refractivity contribution in [3.63, 3.8) is 0 Å². The van der Waals surface area contributed by atoms with Gasteiger partial charge in [0.15, 0.2) is 0 Å². The molecule has 1 aromatic heterocycles. The van der Waals surface area contributed by atoms with Gasteiger partial charge >= 0.3 is 0 Å². The summed E-state index contributed by atoms with van der Waals surface area (Å²) in [5.74, 6) is 1.48. The number of hydrogen-bond donors (Lipinski definition) is 2. The van der Waals surface area contributed by atoms with Gasteiger partial charge in [-0.05, 0) is 48.9 Å². The highest BCUT2D eigenvalue weighted by Gasteiger charge is 1.99. The molecule has 0 aliphatic rings. The summed E-state index contributed by atoms with van der Waals surface area (Å²) in [5, 5.41) is 4.17. The van der Waals surface area contributed by atoms with Gasteiger partial charge in [-0.15, -0.1) is 0 Å². The molecule has 106 valence electrons. The quantitative estimate of drug-likeness (QED) is 0.556. The lowest BCUT2D eigenvalue weighted by atomic mass is 10.2. The average Bonchev–Trinajstić information content (AvgIpc) is 2.92. The molecule has 1 heterocycles. The molecule has 0 bridgehead atoms. The van der Waals surface area contributed by atoms with Gasteiger partial charge in [0.05, 0.1) is 23.9 Å². The number of hydrazone groups is 1. The van der Waals surface area contributed by atoms with Crippen LogP contribution in [0.2, 0.25) is 0 Å². The minimum atomic E-state index is 0.624. The lowest BCUT2D eigenvalue weighted by Gasteiger charge is -2.01. The molecule has 0 fully saturated rings. The molecule has 3 aromatic rings. The first-order chi connectivity index (χ1) is 10.3. The molecule has 0 unspecified atom stereocenters. The molecule has 0 radical (unpaired) electrons. The van der Waals surface area contributed by atoms with Crippen LogP contribution in [0.25, 0.3) is 11.0 Å². The van der Waals surface area contributed by atoms with Crippen molar-refractivity contribution < 1.29 is 4.74 Å². The minimum Gasteiger partial charge on any atom is -0.494 e. The monoisotopic (exact) mass is 280 g/mol. The normalized spacial score (nSPS) is 11.1. The van der Waals surface area contributed by atoms with Gasteiger partial charge in [-0.2, -0.15) is 5.10 Å². The summed E-state index contributed by atoms with van der Waals surface area (Å²) >= 11 is 0. The SMILES string of the molecule is CCOc1ccc(/C=N/Nc2nc3ccccc3[nH]2)cc1. The molecule has 2 N–H and O–H groups in total. The number of imidazole rings is 1. The van der Waals surface area contributed by atoms with Crippen LogP contribution in [0, 0.1) is 0 Å². The van der Waals surface area contributed by atoms with E-state index in [9.17, 15) is 0 Å². The van der Waals surface area contributed by atoms with Gasteiger partial charge in [0, 0.05) is 0 Å². The maximum Gasteiger partial charge on any atom is 0.222 e. The first-order valence-corrected chi connectivity index (χ1v) is 6.82. The van der Waals surface area contributed by atoms with E-state index < -0.39 is 0 Å². The first kappa shape index (κ1) is 13.2. The Morgan fingerprint density at radius 2 is 2.00 bits per heavy atom. The van der Waals surface area contributed by atoms with E-state index in [0.717, 1.165) is 22.3 Å². The van der Waals surface area contributed by atoms with Crippen LogP contribution < -0.4 is 10.2 Å². The van der Waals surface area contributed by atoms with Gasteiger partial charge < -0.3 is 9.72 Å². The van der Waals surface area contributed by atoms with Crippen molar-refractivity contribution in [2.45, 2.75) is 6.92 Å². The highest BCUT2D eigenvalue weighted by Crippen LogP contribution is 2.13. The second-order valence-corrected chi connectivity index (χ2v) is 4.47. The van der Waals surface area contributed by atoms with Crippen molar-refractivity contribution in [1.82, 2.24) is 9.97 Å². The Morgan fingerprint density at radius 1 is 1.19 bits per heavy atom. The third kappa shape index (κ3) is 3.20. The molecule has 0 saturated heterocycles. The number of H-pyrrole nitrogens is 1. The molecule has 5 nitrogen and oxygen atoms in total. The summed E-state index contributed by atoms with van der Waals surface area (Å²) in [6.45, 7) is 2.63. The van der Waals surface area contributed by atoms with E-state index in [1.807, 2.05) is 55.5 Å². The van der Waals surface area contributed by atoms with Gasteiger partial charge in [-0.1, -0.05) is 12.1 Å². The number of aromatic amines is 1. The van der Waals surface area contributed by atoms with Crippen molar-refractivity contribution in [3.05, 3.63) is 54.1 Å². The number of para-hydroxylation sites is 2. The van der Waals surface area contributed by atoms with Crippen LogP contribution in [0.1, 0.15) is 12.5 Å². The number of aromatic nitrogens is 2. The fraction of sp³-hybridized carbons (Fsp3) is 0.125. The summed E-state index contributed by atoms with van der Waals surface area (Å²) in [6.07, 6.45) is 1.74. The zero-order valence-electron chi connectivity index (χ0n) is 11.7. The van der Waals surface area contributed by atoms with Crippen LogP contribution in [0.4, 0.5) is 5.95 Å². The van der Waals surface area contributed by atoms with Crippen LogP contribution in [0.15, 0.2) is 53.6 Å². The predicted octanol–water partition coefficient (Wildman–Crippen LogP) is 3.41. The van der Waals surface area contributed by atoms with Crippen LogP contribution in [0.3, 0.4) is 0 Å². The zero-order chi connectivity index (χ0) is 14.5. The Kier molecular flexibility index (Phi) is 3.82. The maximum absolute atomic E-state index is 5.39. The van der Waals surface area contributed by atoms with E-state index in [2.05, 4.69) is 20.5 Å². The Labute approximate surface area is 122 Å². The van der Waals surface area contributed by atoms with E-state index in [1.54, 1.807) is 6.21 Å². The highest BCUT2D eigenvalue weighted by molar-refractivity contribution is 5.81. The van der Waals surface area contributed by atoms with Crippen molar-refractivity contribution >= 4 is 23.2 Å². The van der Waals surface area contributed by atoms with Crippen molar-refractivity contribution in [3.8, 4) is 5.75 Å². The Balaban J connectivity index is 1.66. The van der Waals surface area contributed by atoms with E-state index >= 15 is 0 Å². The first-order valence-electron chi connectivity index (χ1n) is 6.82. The van der Waals surface area contributed by atoms with E-state index in [-0.39, 0.29) is 0 Å². The highest BCUT2D eigenvalue weighted by atomic mass is 16.5. The number of ether oxygens (including phenoxy) is 1. The second kappa shape index (κ2) is 6.09. The minimum absolute atomic E-state index is 0.624. The van der Waals surface area contributed by atoms with Crippen molar-refractivity contribution in [2.75, 3.05) is 12.0 Å². The van der Waals surface area contributed by atoms with Gasteiger partial charge in [0.1, 0.15) is 5.75 Å². The van der Waals surface area contributed by atoms with Crippen LogP contribution in [-0.2, 0) is 0 Å². The summed E-state index contributed by atoms with van der Waals surface area (Å²) in [7, 11) is 0. The molecule has 0 spiro atoms. The molecule has 0 atom stereocenters. The van der Waals surface area contributed by atoms with E-state index in [1.165, 1.54) is 0 Å². The van der Waals surface area contributed by atoms with Gasteiger partial charge in [0.2, 0.25) is 5.95 Å². The largest absolute Gasteiger partial charge is 0.494 e. The number of nitrogens with one attached hydrogen (secondary N) is 2. The molecule has 2 aromatic carbocycles. The van der Waals surface area contributed by atoms with E-state index in [4.69, 9.17) is 4.74 Å². The van der Waals surface area contributed by atoms with Gasteiger partial charge in [0.25, 0.3) is 0 Å². The number of anilines is 1. The van der Waals surface area contributed by atoms with Crippen molar-refractivity contribution in [1.29, 1.82) is 0 Å². The van der Waals surface area contributed by atoms with Crippen LogP contribution in [-0.4, -0.2) is 22.8 Å². The topological polar surface area (TPSA) is 62.3 Å². The fourth-order valence-corrected chi connectivity index (χ4v) is 1.99. The van der Waals surface area contributed by atoms with Gasteiger partial charge in [-0.3, -0.25) is 0 Å². The number of hydrogen-bond acceptors (Lipinski definition) is 4. The van der Waals surface area contributed by atoms with E-state index in [0.29, 0.717) is 12.6 Å². The Hall–Kier alpha value is -2.82. The third-order valence-corrected chi connectivity index (χ3v) is 2.96. The smallest absolute Gasteiger partial charge is 0.222 e. The Morgan fingerprint density at radius 3 is 2.76 bits per heavy atom. The summed E-state index contributed by atoms with van der Waals surface area (Å²) in [6, 6.07) is 15.6. The molecular weight excluding hydrogens is 264 g/mol. The summed E-state index contributed by atoms with van der Waals surface area (Å²) in [4.78, 5) is 7.53. The van der Waals surface area contributed by atoms with Crippen molar-refractivity contribution in [2.24, 2.45) is 5.10 Å². The Bertz CT molecular complexity index is 713. The zero-order valence-corrected chi connectivity index (χ0v) is 11.7. The number of fused-ring (bicyclic) bond motifs is 1. The second-order valence-electron chi connectivity index (χ2n) is 4.47. The lowest BCUT2D eigenvalue weighted by molar-refractivity contribution is 0.340. The molecule has 0 aliphatic carbocycles. The lowest BCUT2D eigenvalue weighted by Crippen LogP contribution is -1.93. The fourth-order valence-electron chi connectivity index (χ4n) is 1.99. The summed E-state index contributed by atoms with van der Waals surface area (Å²) < 4.78 is 5.39. The third-order valence-electron chi connectivity index (χ3n) is 2.96. The van der Waals surface area contributed by atoms with Crippen LogP contribution in [0.5, 0.6) is 5.75 Å². The molecule has 21 heavy (non-hydrogen) atoms. The number of nitrogens with zero attached hydrogens (tertiary/aromatic N) is 2. The average molecular weight is 280 g/mol. The maximum atomic E-state index is 5.39. The molecule has 5 heteroatoms. The standard InChI is InChI=1S/C16H16N4O/c1-2-21-13-9-7-12(8-10-13)11-17-20-16-18-14-5-3-4-6-15(14)19-16/h3-11H,2H2,1H3,(H2,18,19,20)/b17-11+. The molecule has 3 rings (SSSR count). The number of benzene rings is 2. The molecular formula is C16H16N4O. The summed E-state index contributed by atoms with van der Waals surface area (Å²) in [5.41, 5.74) is 5.78. The number of rotatable bonds is 5. The van der Waals surface area contributed by atoms with Gasteiger partial charge in [-0.25, -0.2) is 10.4 Å². The predicted molar refractivity (Wildman–Crippen MR) is 84.9 cm³/mol. The molecule has 0 saturated carbocycles. The molecule has 0 amide bonds.